The van der Waals surface area contributed by atoms with Crippen LogP contribution >= 0.6 is 11.3 Å². The summed E-state index contributed by atoms with van der Waals surface area (Å²) in [6, 6.07) is 4.96. The van der Waals surface area contributed by atoms with Gasteiger partial charge in [0.2, 0.25) is 5.91 Å². The van der Waals surface area contributed by atoms with Crippen LogP contribution in [0.25, 0.3) is 6.08 Å². The number of rotatable bonds is 4. The summed E-state index contributed by atoms with van der Waals surface area (Å²) >= 11 is 1.64. The van der Waals surface area contributed by atoms with E-state index in [1.807, 2.05) is 30.6 Å². The molecule has 1 amide bonds. The van der Waals surface area contributed by atoms with Crippen LogP contribution < -0.4 is 10.6 Å². The van der Waals surface area contributed by atoms with E-state index in [4.69, 9.17) is 0 Å². The molecule has 0 bridgehead atoms. The van der Waals surface area contributed by atoms with Crippen LogP contribution in [-0.2, 0) is 4.79 Å². The van der Waals surface area contributed by atoms with Gasteiger partial charge in [-0.25, -0.2) is 0 Å². The van der Waals surface area contributed by atoms with Crippen molar-refractivity contribution in [1.29, 1.82) is 0 Å². The first kappa shape index (κ1) is 13.3. The first-order valence-electron chi connectivity index (χ1n) is 6.47. The number of hydrogen-bond acceptors (Lipinski definition) is 3. The predicted molar refractivity (Wildman–Crippen MR) is 76.6 cm³/mol. The maximum absolute atomic E-state index is 11.7. The lowest BCUT2D eigenvalue weighted by atomic mass is 9.91. The third-order valence-electron chi connectivity index (χ3n) is 3.42. The van der Waals surface area contributed by atoms with Crippen LogP contribution in [0.4, 0.5) is 0 Å². The Bertz CT molecular complexity index is 392. The third-order valence-corrected chi connectivity index (χ3v) is 4.26. The topological polar surface area (TPSA) is 41.1 Å². The van der Waals surface area contributed by atoms with Gasteiger partial charge in [0.25, 0.3) is 0 Å². The van der Waals surface area contributed by atoms with Gasteiger partial charge < -0.3 is 10.6 Å². The monoisotopic (exact) mass is 264 g/mol. The second-order valence-corrected chi connectivity index (χ2v) is 5.67. The standard InChI is InChI=1S/C14H20N2OS/c1-15-11-4-6-12(7-5-11)16-14(17)9-8-13-3-2-10-18-13/h2-3,8-12,15H,4-7H2,1H3,(H,16,17)/b9-8+. The molecule has 1 aliphatic carbocycles. The Hall–Kier alpha value is -1.13. The van der Waals surface area contributed by atoms with Crippen molar-refractivity contribution in [3.05, 3.63) is 28.5 Å². The molecular formula is C14H20N2OS. The minimum Gasteiger partial charge on any atom is -0.350 e. The van der Waals surface area contributed by atoms with E-state index < -0.39 is 0 Å². The normalized spacial score (nSPS) is 24.3. The molecule has 0 radical (unpaired) electrons. The van der Waals surface area contributed by atoms with Crippen LogP contribution in [0.15, 0.2) is 23.6 Å². The molecule has 0 atom stereocenters. The summed E-state index contributed by atoms with van der Waals surface area (Å²) in [4.78, 5) is 12.9. The number of thiophene rings is 1. The van der Waals surface area contributed by atoms with Crippen molar-refractivity contribution in [3.63, 3.8) is 0 Å². The lowest BCUT2D eigenvalue weighted by molar-refractivity contribution is -0.117. The molecule has 3 nitrogen and oxygen atoms in total. The summed E-state index contributed by atoms with van der Waals surface area (Å²) in [5, 5.41) is 8.38. The van der Waals surface area contributed by atoms with Gasteiger partial charge in [-0.15, -0.1) is 11.3 Å². The lowest BCUT2D eigenvalue weighted by Crippen LogP contribution is -2.40. The number of carbonyl (C=O) groups is 1. The van der Waals surface area contributed by atoms with Gasteiger partial charge in [-0.1, -0.05) is 6.07 Å². The van der Waals surface area contributed by atoms with Gasteiger partial charge in [0.05, 0.1) is 0 Å². The zero-order valence-electron chi connectivity index (χ0n) is 10.7. The third kappa shape index (κ3) is 3.96. The number of hydrogen-bond donors (Lipinski definition) is 2. The number of carbonyl (C=O) groups excluding carboxylic acids is 1. The minimum absolute atomic E-state index is 0.0244. The van der Waals surface area contributed by atoms with E-state index in [1.54, 1.807) is 17.4 Å². The Morgan fingerprint density at radius 2 is 2.06 bits per heavy atom. The molecule has 2 N–H and O–H groups in total. The molecule has 4 heteroatoms. The molecule has 0 aromatic carbocycles. The van der Waals surface area contributed by atoms with E-state index >= 15 is 0 Å². The summed E-state index contributed by atoms with van der Waals surface area (Å²) in [7, 11) is 2.01. The first-order chi connectivity index (χ1) is 8.78. The maximum atomic E-state index is 11.7. The Morgan fingerprint density at radius 3 is 2.67 bits per heavy atom. The van der Waals surface area contributed by atoms with Crippen LogP contribution in [-0.4, -0.2) is 25.0 Å². The van der Waals surface area contributed by atoms with E-state index in [0.29, 0.717) is 12.1 Å². The molecule has 2 rings (SSSR count). The highest BCUT2D eigenvalue weighted by atomic mass is 32.1. The second-order valence-electron chi connectivity index (χ2n) is 4.69. The molecule has 98 valence electrons. The fourth-order valence-corrected chi connectivity index (χ4v) is 2.94. The molecule has 1 aromatic heterocycles. The second kappa shape index (κ2) is 6.71. The van der Waals surface area contributed by atoms with Crippen molar-refractivity contribution in [2.24, 2.45) is 0 Å². The molecule has 18 heavy (non-hydrogen) atoms. The smallest absolute Gasteiger partial charge is 0.244 e. The molecule has 0 saturated heterocycles. The summed E-state index contributed by atoms with van der Waals surface area (Å²) < 4.78 is 0. The van der Waals surface area contributed by atoms with Gasteiger partial charge >= 0.3 is 0 Å². The largest absolute Gasteiger partial charge is 0.350 e. The Kier molecular flexibility index (Phi) is 4.96. The zero-order valence-corrected chi connectivity index (χ0v) is 11.5. The van der Waals surface area contributed by atoms with Crippen molar-refractivity contribution >= 4 is 23.3 Å². The van der Waals surface area contributed by atoms with Gasteiger partial charge in [0, 0.05) is 23.0 Å². The van der Waals surface area contributed by atoms with Gasteiger partial charge in [0.15, 0.2) is 0 Å². The SMILES string of the molecule is CNC1CCC(NC(=O)/C=C/c2cccs2)CC1. The molecule has 0 spiro atoms. The average molecular weight is 264 g/mol. The highest BCUT2D eigenvalue weighted by molar-refractivity contribution is 7.10. The molecule has 1 aliphatic rings. The molecule has 0 unspecified atom stereocenters. The van der Waals surface area contributed by atoms with Gasteiger partial charge in [0.1, 0.15) is 0 Å². The van der Waals surface area contributed by atoms with Crippen LogP contribution in [0.1, 0.15) is 30.6 Å². The van der Waals surface area contributed by atoms with Gasteiger partial charge in [-0.05, 0) is 50.3 Å². The Morgan fingerprint density at radius 1 is 1.33 bits per heavy atom. The van der Waals surface area contributed by atoms with E-state index in [9.17, 15) is 4.79 Å². The molecule has 0 aliphatic heterocycles. The first-order valence-corrected chi connectivity index (χ1v) is 7.35. The van der Waals surface area contributed by atoms with E-state index in [1.165, 1.54) is 0 Å². The van der Waals surface area contributed by atoms with Gasteiger partial charge in [-0.3, -0.25) is 4.79 Å². The summed E-state index contributed by atoms with van der Waals surface area (Å²) in [5.41, 5.74) is 0. The summed E-state index contributed by atoms with van der Waals surface area (Å²) in [6.07, 6.45) is 7.95. The van der Waals surface area contributed by atoms with Gasteiger partial charge in [-0.2, -0.15) is 0 Å². The predicted octanol–water partition coefficient (Wildman–Crippen LogP) is 2.41. The summed E-state index contributed by atoms with van der Waals surface area (Å²) in [6.45, 7) is 0. The number of nitrogens with one attached hydrogen (secondary N) is 2. The zero-order chi connectivity index (χ0) is 12.8. The van der Waals surface area contributed by atoms with Crippen LogP contribution in [0.3, 0.4) is 0 Å². The van der Waals surface area contributed by atoms with Crippen molar-refractivity contribution < 1.29 is 4.79 Å². The maximum Gasteiger partial charge on any atom is 0.244 e. The fourth-order valence-electron chi connectivity index (χ4n) is 2.32. The van der Waals surface area contributed by atoms with E-state index in [2.05, 4.69) is 10.6 Å². The molecule has 1 heterocycles. The Balaban J connectivity index is 1.75. The molecule has 1 saturated carbocycles. The van der Waals surface area contributed by atoms with Crippen LogP contribution in [0.5, 0.6) is 0 Å². The van der Waals surface area contributed by atoms with Crippen molar-refractivity contribution in [2.45, 2.75) is 37.8 Å². The number of amides is 1. The minimum atomic E-state index is 0.0244. The van der Waals surface area contributed by atoms with E-state index in [0.717, 1.165) is 30.6 Å². The van der Waals surface area contributed by atoms with Crippen molar-refractivity contribution in [1.82, 2.24) is 10.6 Å². The average Bonchev–Trinajstić information content (AvgIpc) is 2.90. The van der Waals surface area contributed by atoms with Crippen molar-refractivity contribution in [3.8, 4) is 0 Å². The van der Waals surface area contributed by atoms with Crippen LogP contribution in [0, 0.1) is 0 Å². The molecule has 1 aromatic rings. The van der Waals surface area contributed by atoms with E-state index in [-0.39, 0.29) is 5.91 Å². The quantitative estimate of drug-likeness (QED) is 0.820. The van der Waals surface area contributed by atoms with Crippen LogP contribution in [0.2, 0.25) is 0 Å². The Labute approximate surface area is 112 Å². The highest BCUT2D eigenvalue weighted by Gasteiger charge is 2.20. The fraction of sp³-hybridized carbons (Fsp3) is 0.500. The van der Waals surface area contributed by atoms with Crippen molar-refractivity contribution in [2.75, 3.05) is 7.05 Å². The summed E-state index contributed by atoms with van der Waals surface area (Å²) in [5.74, 6) is 0.0244. The highest BCUT2D eigenvalue weighted by Crippen LogP contribution is 2.18. The molecule has 1 fully saturated rings. The molecular weight excluding hydrogens is 244 g/mol. The lowest BCUT2D eigenvalue weighted by Gasteiger charge is -2.28.